The van der Waals surface area contributed by atoms with Crippen LogP contribution in [-0.4, -0.2) is 18.9 Å². The number of rotatable bonds is 2. The molecule has 2 unspecified atom stereocenters. The van der Waals surface area contributed by atoms with Gasteiger partial charge in [0, 0.05) is 17.5 Å². The summed E-state index contributed by atoms with van der Waals surface area (Å²) in [6.07, 6.45) is 1.02. The number of nitrogens with one attached hydrogen (secondary N) is 1. The number of ether oxygens (including phenoxy) is 1. The van der Waals surface area contributed by atoms with Crippen molar-refractivity contribution in [2.75, 3.05) is 6.61 Å². The van der Waals surface area contributed by atoms with E-state index in [-0.39, 0.29) is 6.23 Å². The molecule has 1 aromatic rings. The minimum Gasteiger partial charge on any atom is -0.361 e. The fourth-order valence-electron chi connectivity index (χ4n) is 1.67. The molecule has 0 bridgehead atoms. The molecule has 2 rings (SSSR count). The number of halogens is 1. The predicted octanol–water partition coefficient (Wildman–Crippen LogP) is 2.22. The zero-order valence-electron chi connectivity index (χ0n) is 8.16. The Morgan fingerprint density at radius 2 is 2.43 bits per heavy atom. The Morgan fingerprint density at radius 3 is 3.07 bits per heavy atom. The van der Waals surface area contributed by atoms with Crippen LogP contribution in [0.1, 0.15) is 12.5 Å². The van der Waals surface area contributed by atoms with Crippen LogP contribution >= 0.6 is 11.6 Å². The average molecular weight is 212 g/mol. The first-order valence-electron chi connectivity index (χ1n) is 4.86. The summed E-state index contributed by atoms with van der Waals surface area (Å²) in [6, 6.07) is 8.36. The zero-order chi connectivity index (χ0) is 9.97. The highest BCUT2D eigenvalue weighted by Gasteiger charge is 2.20. The first kappa shape index (κ1) is 9.97. The molecular formula is C11H14ClNO. The van der Waals surface area contributed by atoms with Gasteiger partial charge in [0.05, 0.1) is 6.61 Å². The molecular weight excluding hydrogens is 198 g/mol. The summed E-state index contributed by atoms with van der Waals surface area (Å²) < 4.78 is 5.55. The summed E-state index contributed by atoms with van der Waals surface area (Å²) in [5, 5.41) is 4.14. The predicted molar refractivity (Wildman–Crippen MR) is 57.5 cm³/mol. The number of benzene rings is 1. The Labute approximate surface area is 89.2 Å². The summed E-state index contributed by atoms with van der Waals surface area (Å²) in [7, 11) is 0. The summed E-state index contributed by atoms with van der Waals surface area (Å²) in [5.74, 6) is 0. The van der Waals surface area contributed by atoms with Crippen LogP contribution in [0.3, 0.4) is 0 Å². The smallest absolute Gasteiger partial charge is 0.112 e. The summed E-state index contributed by atoms with van der Waals surface area (Å²) in [6.45, 7) is 2.92. The minimum absolute atomic E-state index is 0.142. The van der Waals surface area contributed by atoms with Gasteiger partial charge in [0.1, 0.15) is 6.23 Å². The van der Waals surface area contributed by atoms with Crippen LogP contribution in [0.5, 0.6) is 0 Å². The van der Waals surface area contributed by atoms with Crippen molar-refractivity contribution in [1.29, 1.82) is 0 Å². The first-order chi connectivity index (χ1) is 6.74. The van der Waals surface area contributed by atoms with Crippen LogP contribution in [0.25, 0.3) is 0 Å². The topological polar surface area (TPSA) is 21.3 Å². The molecule has 0 amide bonds. The maximum absolute atomic E-state index is 5.90. The van der Waals surface area contributed by atoms with E-state index in [1.807, 2.05) is 18.2 Å². The standard InChI is InChI=1S/C11H14ClNO/c1-8-7-14-11(13-8)6-9-3-2-4-10(12)5-9/h2-5,8,11,13H,6-7H2,1H3. The third kappa shape index (κ3) is 2.47. The van der Waals surface area contributed by atoms with E-state index in [4.69, 9.17) is 16.3 Å². The minimum atomic E-state index is 0.142. The largest absolute Gasteiger partial charge is 0.361 e. The van der Waals surface area contributed by atoms with E-state index < -0.39 is 0 Å². The molecule has 1 aliphatic rings. The highest BCUT2D eigenvalue weighted by Crippen LogP contribution is 2.14. The fraction of sp³-hybridized carbons (Fsp3) is 0.455. The van der Waals surface area contributed by atoms with Gasteiger partial charge in [0.15, 0.2) is 0 Å². The molecule has 0 spiro atoms. The first-order valence-corrected chi connectivity index (χ1v) is 5.24. The van der Waals surface area contributed by atoms with Crippen molar-refractivity contribution < 1.29 is 4.74 Å². The van der Waals surface area contributed by atoms with Gasteiger partial charge in [-0.2, -0.15) is 0 Å². The van der Waals surface area contributed by atoms with Crippen molar-refractivity contribution in [3.63, 3.8) is 0 Å². The molecule has 1 N–H and O–H groups in total. The Bertz CT molecular complexity index is 316. The Kier molecular flexibility index (Phi) is 3.06. The molecule has 14 heavy (non-hydrogen) atoms. The second-order valence-electron chi connectivity index (χ2n) is 3.72. The van der Waals surface area contributed by atoms with Gasteiger partial charge in [-0.25, -0.2) is 0 Å². The van der Waals surface area contributed by atoms with Gasteiger partial charge in [-0.05, 0) is 24.6 Å². The van der Waals surface area contributed by atoms with Gasteiger partial charge >= 0.3 is 0 Å². The van der Waals surface area contributed by atoms with E-state index in [1.165, 1.54) is 5.56 Å². The molecule has 0 aromatic heterocycles. The maximum Gasteiger partial charge on any atom is 0.112 e. The van der Waals surface area contributed by atoms with Crippen molar-refractivity contribution in [2.45, 2.75) is 25.6 Å². The third-order valence-electron chi connectivity index (χ3n) is 2.33. The van der Waals surface area contributed by atoms with Crippen LogP contribution < -0.4 is 5.32 Å². The third-order valence-corrected chi connectivity index (χ3v) is 2.56. The molecule has 0 radical (unpaired) electrons. The van der Waals surface area contributed by atoms with Gasteiger partial charge in [-0.15, -0.1) is 0 Å². The molecule has 1 heterocycles. The lowest BCUT2D eigenvalue weighted by Crippen LogP contribution is -2.29. The molecule has 0 saturated carbocycles. The zero-order valence-corrected chi connectivity index (χ0v) is 8.92. The highest BCUT2D eigenvalue weighted by atomic mass is 35.5. The quantitative estimate of drug-likeness (QED) is 0.810. The monoisotopic (exact) mass is 211 g/mol. The van der Waals surface area contributed by atoms with E-state index in [9.17, 15) is 0 Å². The van der Waals surface area contributed by atoms with Crippen molar-refractivity contribution in [1.82, 2.24) is 5.32 Å². The van der Waals surface area contributed by atoms with Gasteiger partial charge in [0.2, 0.25) is 0 Å². The molecule has 1 saturated heterocycles. The Hall–Kier alpha value is -0.570. The van der Waals surface area contributed by atoms with Crippen LogP contribution in [0.4, 0.5) is 0 Å². The van der Waals surface area contributed by atoms with Crippen molar-refractivity contribution in [3.8, 4) is 0 Å². The lowest BCUT2D eigenvalue weighted by atomic mass is 10.1. The van der Waals surface area contributed by atoms with E-state index in [0.717, 1.165) is 18.1 Å². The van der Waals surface area contributed by atoms with E-state index in [0.29, 0.717) is 6.04 Å². The van der Waals surface area contributed by atoms with Crippen LogP contribution in [-0.2, 0) is 11.2 Å². The molecule has 0 aliphatic carbocycles. The number of hydrogen-bond donors (Lipinski definition) is 1. The molecule has 2 nitrogen and oxygen atoms in total. The molecule has 3 heteroatoms. The van der Waals surface area contributed by atoms with E-state index in [1.54, 1.807) is 0 Å². The molecule has 1 aromatic carbocycles. The van der Waals surface area contributed by atoms with Crippen LogP contribution in [0.15, 0.2) is 24.3 Å². The molecule has 2 atom stereocenters. The lowest BCUT2D eigenvalue weighted by Gasteiger charge is -2.10. The normalized spacial score (nSPS) is 26.7. The van der Waals surface area contributed by atoms with Crippen molar-refractivity contribution in [3.05, 3.63) is 34.9 Å². The van der Waals surface area contributed by atoms with Crippen LogP contribution in [0, 0.1) is 0 Å². The summed E-state index contributed by atoms with van der Waals surface area (Å²) >= 11 is 5.90. The summed E-state index contributed by atoms with van der Waals surface area (Å²) in [4.78, 5) is 0. The Morgan fingerprint density at radius 1 is 1.57 bits per heavy atom. The Balaban J connectivity index is 1.97. The second-order valence-corrected chi connectivity index (χ2v) is 4.16. The van der Waals surface area contributed by atoms with Gasteiger partial charge in [-0.3, -0.25) is 5.32 Å². The molecule has 1 aliphatic heterocycles. The number of hydrogen-bond acceptors (Lipinski definition) is 2. The summed E-state index contributed by atoms with van der Waals surface area (Å²) in [5.41, 5.74) is 1.21. The van der Waals surface area contributed by atoms with E-state index >= 15 is 0 Å². The van der Waals surface area contributed by atoms with Crippen molar-refractivity contribution in [2.24, 2.45) is 0 Å². The van der Waals surface area contributed by atoms with Gasteiger partial charge in [0.25, 0.3) is 0 Å². The fourth-order valence-corrected chi connectivity index (χ4v) is 1.88. The van der Waals surface area contributed by atoms with Gasteiger partial charge < -0.3 is 4.74 Å². The average Bonchev–Trinajstić information content (AvgIpc) is 2.51. The van der Waals surface area contributed by atoms with Crippen LogP contribution in [0.2, 0.25) is 5.02 Å². The van der Waals surface area contributed by atoms with Crippen molar-refractivity contribution >= 4 is 11.6 Å². The maximum atomic E-state index is 5.90. The molecule has 76 valence electrons. The SMILES string of the molecule is CC1COC(Cc2cccc(Cl)c2)N1. The van der Waals surface area contributed by atoms with Gasteiger partial charge in [-0.1, -0.05) is 23.7 Å². The highest BCUT2D eigenvalue weighted by molar-refractivity contribution is 6.30. The second kappa shape index (κ2) is 4.30. The lowest BCUT2D eigenvalue weighted by molar-refractivity contribution is 0.101. The van der Waals surface area contributed by atoms with E-state index in [2.05, 4.69) is 18.3 Å². The molecule has 1 fully saturated rings.